The Labute approximate surface area is 112 Å². The smallest absolute Gasteiger partial charge is 0.312 e. The molecule has 0 aliphatic heterocycles. The van der Waals surface area contributed by atoms with Gasteiger partial charge in [-0.2, -0.15) is 13.2 Å². The topological polar surface area (TPSA) is 52.6 Å². The van der Waals surface area contributed by atoms with Crippen molar-refractivity contribution in [1.29, 1.82) is 0 Å². The van der Waals surface area contributed by atoms with Gasteiger partial charge in [-0.1, -0.05) is 0 Å². The van der Waals surface area contributed by atoms with Gasteiger partial charge in [-0.15, -0.1) is 0 Å². The Balaban J connectivity index is 3.21. The third kappa shape index (κ3) is 3.88. The molecule has 0 aliphatic carbocycles. The van der Waals surface area contributed by atoms with E-state index in [9.17, 15) is 26.9 Å². The number of carbonyl (C=O) groups is 1. The lowest BCUT2D eigenvalue weighted by Gasteiger charge is -2.15. The largest absolute Gasteiger partial charge is 0.417 e. The van der Waals surface area contributed by atoms with Crippen molar-refractivity contribution in [2.75, 3.05) is 20.4 Å². The SMILES string of the molecule is COP(=O)(CC(=O)c1ccc(F)cc1C(F)(F)F)OC. The van der Waals surface area contributed by atoms with Gasteiger partial charge in [0.2, 0.25) is 0 Å². The highest BCUT2D eigenvalue weighted by atomic mass is 31.2. The highest BCUT2D eigenvalue weighted by Crippen LogP contribution is 2.47. The van der Waals surface area contributed by atoms with E-state index in [-0.39, 0.29) is 6.07 Å². The Hall–Kier alpha value is -1.24. The molecular weight excluding hydrogens is 303 g/mol. The summed E-state index contributed by atoms with van der Waals surface area (Å²) in [6.07, 6.45) is -5.77. The van der Waals surface area contributed by atoms with E-state index in [2.05, 4.69) is 9.05 Å². The zero-order valence-corrected chi connectivity index (χ0v) is 11.4. The van der Waals surface area contributed by atoms with E-state index in [1.54, 1.807) is 0 Å². The molecule has 0 N–H and O–H groups in total. The molecule has 4 nitrogen and oxygen atoms in total. The second-order valence-corrected chi connectivity index (χ2v) is 6.01. The lowest BCUT2D eigenvalue weighted by molar-refractivity contribution is -0.138. The van der Waals surface area contributed by atoms with Crippen LogP contribution in [0.5, 0.6) is 0 Å². The van der Waals surface area contributed by atoms with Crippen LogP contribution < -0.4 is 0 Å². The van der Waals surface area contributed by atoms with Crippen LogP contribution in [-0.4, -0.2) is 26.2 Å². The van der Waals surface area contributed by atoms with E-state index in [0.717, 1.165) is 14.2 Å². The first kappa shape index (κ1) is 16.8. The van der Waals surface area contributed by atoms with Gasteiger partial charge in [-0.3, -0.25) is 9.36 Å². The number of benzene rings is 1. The van der Waals surface area contributed by atoms with E-state index < -0.39 is 42.7 Å². The minimum Gasteiger partial charge on any atom is -0.312 e. The zero-order valence-electron chi connectivity index (χ0n) is 10.5. The second-order valence-electron chi connectivity index (χ2n) is 3.75. The van der Waals surface area contributed by atoms with Crippen molar-refractivity contribution < 1.29 is 36.0 Å². The maximum absolute atomic E-state index is 12.9. The van der Waals surface area contributed by atoms with Crippen molar-refractivity contribution in [3.63, 3.8) is 0 Å². The minimum atomic E-state index is -4.91. The average Bonchev–Trinajstić information content (AvgIpc) is 2.37. The van der Waals surface area contributed by atoms with Crippen LogP contribution in [-0.2, 0) is 19.8 Å². The molecule has 0 spiro atoms. The van der Waals surface area contributed by atoms with Gasteiger partial charge in [0, 0.05) is 19.8 Å². The molecule has 1 aromatic rings. The summed E-state index contributed by atoms with van der Waals surface area (Å²) in [5, 5.41) is 0. The van der Waals surface area contributed by atoms with E-state index in [1.165, 1.54) is 0 Å². The molecule has 1 rings (SSSR count). The quantitative estimate of drug-likeness (QED) is 0.474. The highest BCUT2D eigenvalue weighted by molar-refractivity contribution is 7.54. The van der Waals surface area contributed by atoms with Gasteiger partial charge in [0.1, 0.15) is 12.0 Å². The van der Waals surface area contributed by atoms with Crippen molar-refractivity contribution >= 4 is 13.4 Å². The number of alkyl halides is 3. The highest BCUT2D eigenvalue weighted by Gasteiger charge is 2.37. The van der Waals surface area contributed by atoms with Crippen LogP contribution in [0.15, 0.2) is 18.2 Å². The molecule has 0 heterocycles. The van der Waals surface area contributed by atoms with Crippen molar-refractivity contribution in [3.8, 4) is 0 Å². The normalized spacial score (nSPS) is 12.5. The van der Waals surface area contributed by atoms with Crippen LogP contribution in [0.2, 0.25) is 0 Å². The monoisotopic (exact) mass is 314 g/mol. The van der Waals surface area contributed by atoms with Crippen molar-refractivity contribution in [2.24, 2.45) is 0 Å². The fraction of sp³-hybridized carbons (Fsp3) is 0.364. The van der Waals surface area contributed by atoms with Gasteiger partial charge in [-0.25, -0.2) is 4.39 Å². The van der Waals surface area contributed by atoms with Crippen LogP contribution in [0, 0.1) is 5.82 Å². The first-order valence-corrected chi connectivity index (χ1v) is 6.96. The zero-order chi connectivity index (χ0) is 15.6. The third-order valence-electron chi connectivity index (χ3n) is 2.48. The lowest BCUT2D eigenvalue weighted by Crippen LogP contribution is -2.16. The molecule has 20 heavy (non-hydrogen) atoms. The predicted molar refractivity (Wildman–Crippen MR) is 62.2 cm³/mol. The maximum atomic E-state index is 12.9. The number of carbonyl (C=O) groups excluding carboxylic acids is 1. The lowest BCUT2D eigenvalue weighted by atomic mass is 10.0. The summed E-state index contributed by atoms with van der Waals surface area (Å²) < 4.78 is 71.8. The van der Waals surface area contributed by atoms with Crippen molar-refractivity contribution in [2.45, 2.75) is 6.18 Å². The Kier molecular flexibility index (Phi) is 5.07. The molecule has 0 saturated carbocycles. The second kappa shape index (κ2) is 6.03. The number of hydrogen-bond donors (Lipinski definition) is 0. The molecule has 9 heteroatoms. The molecule has 0 atom stereocenters. The van der Waals surface area contributed by atoms with Gasteiger partial charge in [0.15, 0.2) is 5.78 Å². The Morgan fingerprint density at radius 3 is 2.25 bits per heavy atom. The Morgan fingerprint density at radius 1 is 1.25 bits per heavy atom. The molecule has 0 radical (unpaired) electrons. The summed E-state index contributed by atoms with van der Waals surface area (Å²) in [7, 11) is -1.78. The molecule has 0 saturated heterocycles. The van der Waals surface area contributed by atoms with Gasteiger partial charge in [-0.05, 0) is 18.2 Å². The average molecular weight is 314 g/mol. The summed E-state index contributed by atoms with van der Waals surface area (Å²) in [5.41, 5.74) is -2.21. The van der Waals surface area contributed by atoms with E-state index in [0.29, 0.717) is 12.1 Å². The number of Topliss-reactive ketones (excluding diaryl/α,β-unsaturated/α-hetero) is 1. The van der Waals surface area contributed by atoms with Crippen molar-refractivity contribution in [3.05, 3.63) is 35.1 Å². The van der Waals surface area contributed by atoms with Crippen molar-refractivity contribution in [1.82, 2.24) is 0 Å². The number of hydrogen-bond acceptors (Lipinski definition) is 4. The fourth-order valence-electron chi connectivity index (χ4n) is 1.46. The summed E-state index contributed by atoms with van der Waals surface area (Å²) >= 11 is 0. The van der Waals surface area contributed by atoms with E-state index in [1.807, 2.05) is 0 Å². The standard InChI is InChI=1S/C11H11F4O4P/c1-18-20(17,19-2)6-10(16)8-4-3-7(12)5-9(8)11(13,14)15/h3-5H,6H2,1-2H3. The molecule has 0 bridgehead atoms. The van der Waals surface area contributed by atoms with Crippen LogP contribution in [0.1, 0.15) is 15.9 Å². The molecule has 1 aromatic carbocycles. The molecule has 112 valence electrons. The van der Waals surface area contributed by atoms with E-state index >= 15 is 0 Å². The van der Waals surface area contributed by atoms with Crippen LogP contribution in [0.25, 0.3) is 0 Å². The minimum absolute atomic E-state index is 0.206. The van der Waals surface area contributed by atoms with E-state index in [4.69, 9.17) is 0 Å². The molecule has 0 aromatic heterocycles. The molecular formula is C11H11F4O4P. The number of ketones is 1. The maximum Gasteiger partial charge on any atom is 0.417 e. The van der Waals surface area contributed by atoms with Gasteiger partial charge >= 0.3 is 13.8 Å². The van der Waals surface area contributed by atoms with Gasteiger partial charge in [0.05, 0.1) is 5.56 Å². The van der Waals surface area contributed by atoms with Crippen LogP contribution in [0.3, 0.4) is 0 Å². The molecule has 0 unspecified atom stereocenters. The van der Waals surface area contributed by atoms with Crippen LogP contribution >= 0.6 is 7.60 Å². The van der Waals surface area contributed by atoms with Gasteiger partial charge < -0.3 is 9.05 Å². The van der Waals surface area contributed by atoms with Gasteiger partial charge in [0.25, 0.3) is 0 Å². The fourth-order valence-corrected chi connectivity index (χ4v) is 2.39. The first-order valence-electron chi connectivity index (χ1n) is 5.23. The Morgan fingerprint density at radius 2 is 1.80 bits per heavy atom. The molecule has 0 aliphatic rings. The van der Waals surface area contributed by atoms with Crippen LogP contribution in [0.4, 0.5) is 17.6 Å². The first-order chi connectivity index (χ1) is 9.13. The molecule has 0 amide bonds. The summed E-state index contributed by atoms with van der Waals surface area (Å²) in [5.74, 6) is -2.24. The predicted octanol–water partition coefficient (Wildman–Crippen LogP) is 3.51. The third-order valence-corrected chi connectivity index (χ3v) is 4.27. The summed E-state index contributed by atoms with van der Waals surface area (Å²) in [4.78, 5) is 11.8. The number of rotatable bonds is 5. The summed E-state index contributed by atoms with van der Waals surface area (Å²) in [6, 6.07) is 1.61. The Bertz CT molecular complexity index is 548. The number of halogens is 4. The molecule has 0 fully saturated rings. The summed E-state index contributed by atoms with van der Waals surface area (Å²) in [6.45, 7) is 0.